The molecule has 0 fully saturated rings. The smallest absolute Gasteiger partial charge is 0.0795 e. The van der Waals surface area contributed by atoms with Crippen LogP contribution in [0.1, 0.15) is 38.9 Å². The van der Waals surface area contributed by atoms with Gasteiger partial charge in [0.2, 0.25) is 0 Å². The van der Waals surface area contributed by atoms with Crippen molar-refractivity contribution < 1.29 is 0 Å². The molecule has 0 aliphatic heterocycles. The van der Waals surface area contributed by atoms with E-state index in [4.69, 9.17) is 5.73 Å². The minimum atomic E-state index is 0.296. The lowest BCUT2D eigenvalue weighted by Crippen LogP contribution is -2.33. The van der Waals surface area contributed by atoms with Gasteiger partial charge in [0.25, 0.3) is 0 Å². The molecule has 0 spiro atoms. The average Bonchev–Trinajstić information content (AvgIpc) is 2.77. The zero-order valence-electron chi connectivity index (χ0n) is 10.7. The Morgan fingerprint density at radius 3 is 2.62 bits per heavy atom. The summed E-state index contributed by atoms with van der Waals surface area (Å²) < 4.78 is 0. The monoisotopic (exact) mass is 241 g/mol. The van der Waals surface area contributed by atoms with Crippen molar-refractivity contribution in [2.24, 2.45) is 11.7 Å². The third-order valence-corrected chi connectivity index (χ3v) is 3.82. The van der Waals surface area contributed by atoms with Crippen LogP contribution < -0.4 is 5.73 Å². The topological polar surface area (TPSA) is 42.1 Å². The highest BCUT2D eigenvalue weighted by Gasteiger charge is 2.15. The van der Waals surface area contributed by atoms with Gasteiger partial charge in [0.1, 0.15) is 0 Å². The predicted octanol–water partition coefficient (Wildman–Crippen LogP) is 2.51. The third kappa shape index (κ3) is 3.85. The van der Waals surface area contributed by atoms with Gasteiger partial charge in [0.15, 0.2) is 0 Å². The Bertz CT molecular complexity index is 284. The highest BCUT2D eigenvalue weighted by molar-refractivity contribution is 7.07. The van der Waals surface area contributed by atoms with Gasteiger partial charge in [-0.1, -0.05) is 13.8 Å². The van der Waals surface area contributed by atoms with Crippen LogP contribution in [-0.2, 0) is 0 Å². The SMILES string of the molecule is CC(C)C(N)CCN(C)C(C)c1cscn1. The minimum absolute atomic E-state index is 0.296. The Hall–Kier alpha value is -0.450. The third-order valence-electron chi connectivity index (χ3n) is 3.21. The summed E-state index contributed by atoms with van der Waals surface area (Å²) >= 11 is 1.65. The van der Waals surface area contributed by atoms with E-state index in [9.17, 15) is 0 Å². The van der Waals surface area contributed by atoms with E-state index in [1.807, 2.05) is 5.51 Å². The van der Waals surface area contributed by atoms with Gasteiger partial charge in [-0.15, -0.1) is 11.3 Å². The molecule has 1 aromatic rings. The summed E-state index contributed by atoms with van der Waals surface area (Å²) in [4.78, 5) is 6.66. The van der Waals surface area contributed by atoms with Gasteiger partial charge in [0.05, 0.1) is 11.2 Å². The second-order valence-corrected chi connectivity index (χ2v) is 5.49. The van der Waals surface area contributed by atoms with Crippen LogP contribution >= 0.6 is 11.3 Å². The Balaban J connectivity index is 2.38. The molecular weight excluding hydrogens is 218 g/mol. The van der Waals surface area contributed by atoms with Crippen molar-refractivity contribution in [1.29, 1.82) is 0 Å². The fourth-order valence-corrected chi connectivity index (χ4v) is 2.17. The second-order valence-electron chi connectivity index (χ2n) is 4.77. The number of thiazole rings is 1. The van der Waals surface area contributed by atoms with E-state index in [1.165, 1.54) is 0 Å². The first kappa shape index (κ1) is 13.6. The van der Waals surface area contributed by atoms with E-state index in [-0.39, 0.29) is 0 Å². The molecule has 16 heavy (non-hydrogen) atoms. The number of aromatic nitrogens is 1. The van der Waals surface area contributed by atoms with Crippen molar-refractivity contribution in [2.45, 2.75) is 39.3 Å². The van der Waals surface area contributed by atoms with Crippen LogP contribution in [0.15, 0.2) is 10.9 Å². The molecule has 1 heterocycles. The van der Waals surface area contributed by atoms with E-state index in [0.29, 0.717) is 18.0 Å². The molecule has 2 unspecified atom stereocenters. The molecule has 0 saturated carbocycles. The maximum absolute atomic E-state index is 6.04. The maximum Gasteiger partial charge on any atom is 0.0795 e. The summed E-state index contributed by atoms with van der Waals surface area (Å²) in [5.74, 6) is 0.558. The van der Waals surface area contributed by atoms with Gasteiger partial charge in [-0.2, -0.15) is 0 Å². The summed E-state index contributed by atoms with van der Waals surface area (Å²) in [5, 5.41) is 2.11. The first-order chi connectivity index (χ1) is 7.52. The fourth-order valence-electron chi connectivity index (χ4n) is 1.53. The van der Waals surface area contributed by atoms with Gasteiger partial charge < -0.3 is 5.73 Å². The number of nitrogens with zero attached hydrogens (tertiary/aromatic N) is 2. The molecule has 3 nitrogen and oxygen atoms in total. The van der Waals surface area contributed by atoms with Gasteiger partial charge in [-0.05, 0) is 32.9 Å². The maximum atomic E-state index is 6.04. The minimum Gasteiger partial charge on any atom is -0.327 e. The summed E-state index contributed by atoms with van der Waals surface area (Å²) in [5.41, 5.74) is 9.09. The zero-order chi connectivity index (χ0) is 12.1. The average molecular weight is 241 g/mol. The molecule has 2 N–H and O–H groups in total. The number of hydrogen-bond donors (Lipinski definition) is 1. The van der Waals surface area contributed by atoms with E-state index >= 15 is 0 Å². The molecule has 4 heteroatoms. The molecule has 0 radical (unpaired) electrons. The van der Waals surface area contributed by atoms with Crippen molar-refractivity contribution in [3.05, 3.63) is 16.6 Å². The molecule has 0 bridgehead atoms. The van der Waals surface area contributed by atoms with Crippen molar-refractivity contribution in [1.82, 2.24) is 9.88 Å². The van der Waals surface area contributed by atoms with Crippen molar-refractivity contribution in [3.63, 3.8) is 0 Å². The lowest BCUT2D eigenvalue weighted by Gasteiger charge is -2.25. The molecule has 2 atom stereocenters. The fraction of sp³-hybridized carbons (Fsp3) is 0.750. The Kier molecular flexibility index (Phi) is 5.38. The van der Waals surface area contributed by atoms with E-state index in [0.717, 1.165) is 18.7 Å². The van der Waals surface area contributed by atoms with E-state index in [1.54, 1.807) is 11.3 Å². The van der Waals surface area contributed by atoms with Gasteiger partial charge in [-0.25, -0.2) is 4.98 Å². The van der Waals surface area contributed by atoms with Crippen LogP contribution in [0.4, 0.5) is 0 Å². The van der Waals surface area contributed by atoms with Crippen LogP contribution in [-0.4, -0.2) is 29.5 Å². The second kappa shape index (κ2) is 6.33. The quantitative estimate of drug-likeness (QED) is 0.832. The van der Waals surface area contributed by atoms with Crippen LogP contribution in [0, 0.1) is 5.92 Å². The normalized spacial score (nSPS) is 15.7. The molecule has 0 aromatic carbocycles. The first-order valence-electron chi connectivity index (χ1n) is 5.86. The van der Waals surface area contributed by atoms with Crippen molar-refractivity contribution in [3.8, 4) is 0 Å². The molecule has 1 aromatic heterocycles. The molecule has 0 saturated heterocycles. The summed E-state index contributed by atoms with van der Waals surface area (Å²) in [6, 6.07) is 0.677. The Morgan fingerprint density at radius 2 is 2.12 bits per heavy atom. The number of hydrogen-bond acceptors (Lipinski definition) is 4. The highest BCUT2D eigenvalue weighted by atomic mass is 32.1. The van der Waals surface area contributed by atoms with Crippen molar-refractivity contribution >= 4 is 11.3 Å². The van der Waals surface area contributed by atoms with Crippen LogP contribution in [0.3, 0.4) is 0 Å². The van der Waals surface area contributed by atoms with E-state index < -0.39 is 0 Å². The first-order valence-corrected chi connectivity index (χ1v) is 6.80. The Labute approximate surface area is 103 Å². The summed E-state index contributed by atoms with van der Waals surface area (Å²) in [7, 11) is 2.14. The summed E-state index contributed by atoms with van der Waals surface area (Å²) in [6.07, 6.45) is 1.04. The van der Waals surface area contributed by atoms with Gasteiger partial charge in [0, 0.05) is 17.5 Å². The van der Waals surface area contributed by atoms with Crippen molar-refractivity contribution in [2.75, 3.05) is 13.6 Å². The van der Waals surface area contributed by atoms with E-state index in [2.05, 4.69) is 43.1 Å². The van der Waals surface area contributed by atoms with Gasteiger partial charge >= 0.3 is 0 Å². The predicted molar refractivity (Wildman–Crippen MR) is 70.6 cm³/mol. The zero-order valence-corrected chi connectivity index (χ0v) is 11.5. The van der Waals surface area contributed by atoms with Crippen LogP contribution in [0.25, 0.3) is 0 Å². The molecule has 0 aliphatic rings. The molecule has 92 valence electrons. The van der Waals surface area contributed by atoms with Crippen LogP contribution in [0.5, 0.6) is 0 Å². The molecule has 1 rings (SSSR count). The summed E-state index contributed by atoms with van der Waals surface area (Å²) in [6.45, 7) is 7.57. The standard InChI is InChI=1S/C12H23N3S/c1-9(2)11(13)5-6-15(4)10(3)12-7-16-8-14-12/h7-11H,5-6,13H2,1-4H3. The largest absolute Gasteiger partial charge is 0.327 e. The molecule has 0 aliphatic carbocycles. The lowest BCUT2D eigenvalue weighted by atomic mass is 10.0. The highest BCUT2D eigenvalue weighted by Crippen LogP contribution is 2.18. The van der Waals surface area contributed by atoms with Crippen LogP contribution in [0.2, 0.25) is 0 Å². The number of rotatable bonds is 6. The molecule has 0 amide bonds. The number of nitrogens with two attached hydrogens (primary N) is 1. The lowest BCUT2D eigenvalue weighted by molar-refractivity contribution is 0.240. The van der Waals surface area contributed by atoms with Gasteiger partial charge in [-0.3, -0.25) is 4.90 Å². The molecular formula is C12H23N3S. The Morgan fingerprint density at radius 1 is 1.44 bits per heavy atom.